The molecule has 2 aromatic rings. The second-order valence-corrected chi connectivity index (χ2v) is 6.37. The van der Waals surface area contributed by atoms with Gasteiger partial charge >= 0.3 is 11.8 Å². The van der Waals surface area contributed by atoms with E-state index in [9.17, 15) is 4.79 Å². The van der Waals surface area contributed by atoms with Crippen LogP contribution < -0.4 is 5.32 Å². The van der Waals surface area contributed by atoms with Gasteiger partial charge in [-0.15, -0.1) is 10.2 Å². The number of hydrogen-bond acceptors (Lipinski definition) is 4. The molecule has 0 saturated heterocycles. The van der Waals surface area contributed by atoms with Crippen molar-refractivity contribution in [3.8, 4) is 11.5 Å². The summed E-state index contributed by atoms with van der Waals surface area (Å²) < 4.78 is 5.49. The Hall–Kier alpha value is -1.88. The molecule has 1 saturated carbocycles. The fourth-order valence-corrected chi connectivity index (χ4v) is 3.09. The Bertz CT molecular complexity index is 663. The smallest absolute Gasteiger partial charge is 0.309 e. The van der Waals surface area contributed by atoms with Crippen LogP contribution in [0.2, 0.25) is 5.02 Å². The first-order chi connectivity index (χ1) is 11.2. The Labute approximate surface area is 140 Å². The molecule has 23 heavy (non-hydrogen) atoms. The van der Waals surface area contributed by atoms with Crippen molar-refractivity contribution >= 4 is 17.5 Å². The number of amides is 1. The van der Waals surface area contributed by atoms with Gasteiger partial charge in [0.25, 0.3) is 0 Å². The van der Waals surface area contributed by atoms with Crippen LogP contribution in [0, 0.1) is 0 Å². The first-order valence-electron chi connectivity index (χ1n) is 8.13. The zero-order chi connectivity index (χ0) is 16.1. The highest BCUT2D eigenvalue weighted by Gasteiger charge is 2.20. The van der Waals surface area contributed by atoms with Crippen LogP contribution >= 0.6 is 11.6 Å². The molecule has 0 aliphatic heterocycles. The zero-order valence-electron chi connectivity index (χ0n) is 12.9. The fourth-order valence-electron chi connectivity index (χ4n) is 2.90. The molecule has 1 amide bonds. The third-order valence-corrected chi connectivity index (χ3v) is 4.37. The predicted molar refractivity (Wildman–Crippen MR) is 88.3 cm³/mol. The summed E-state index contributed by atoms with van der Waals surface area (Å²) in [5.41, 5.74) is 0.704. The van der Waals surface area contributed by atoms with E-state index >= 15 is 0 Å². The first kappa shape index (κ1) is 16.0. The molecule has 1 heterocycles. The minimum atomic E-state index is -0.295. The van der Waals surface area contributed by atoms with Crippen molar-refractivity contribution < 1.29 is 9.21 Å². The number of carbonyl (C=O) groups excluding carboxylic acids is 1. The van der Waals surface area contributed by atoms with Crippen molar-refractivity contribution in [3.63, 3.8) is 0 Å². The molecule has 0 spiro atoms. The summed E-state index contributed by atoms with van der Waals surface area (Å²) in [4.78, 5) is 12.3. The third-order valence-electron chi connectivity index (χ3n) is 4.13. The van der Waals surface area contributed by atoms with Gasteiger partial charge in [-0.1, -0.05) is 49.8 Å². The Morgan fingerprint density at radius 3 is 2.61 bits per heavy atom. The van der Waals surface area contributed by atoms with E-state index in [2.05, 4.69) is 15.5 Å². The predicted octanol–water partition coefficient (Wildman–Crippen LogP) is 4.23. The lowest BCUT2D eigenvalue weighted by Gasteiger charge is -2.19. The molecule has 0 radical (unpaired) electrons. The highest BCUT2D eigenvalue weighted by Crippen LogP contribution is 2.22. The number of hydrogen-bond donors (Lipinski definition) is 1. The lowest BCUT2D eigenvalue weighted by atomic mass is 9.97. The van der Waals surface area contributed by atoms with Gasteiger partial charge in [-0.2, -0.15) is 0 Å². The van der Waals surface area contributed by atoms with E-state index in [4.69, 9.17) is 16.0 Å². The normalized spacial score (nSPS) is 16.6. The van der Waals surface area contributed by atoms with Gasteiger partial charge in [0.05, 0.1) is 0 Å². The molecule has 1 aromatic carbocycles. The van der Waals surface area contributed by atoms with E-state index in [1.54, 1.807) is 18.2 Å². The van der Waals surface area contributed by atoms with Crippen molar-refractivity contribution in [2.24, 2.45) is 0 Å². The second-order valence-electron chi connectivity index (χ2n) is 5.94. The van der Waals surface area contributed by atoms with E-state index < -0.39 is 0 Å². The van der Waals surface area contributed by atoms with Gasteiger partial charge in [0.1, 0.15) is 0 Å². The molecule has 1 aromatic heterocycles. The van der Waals surface area contributed by atoms with Crippen molar-refractivity contribution in [3.05, 3.63) is 35.2 Å². The number of nitrogens with zero attached hydrogens (tertiary/aromatic N) is 2. The van der Waals surface area contributed by atoms with E-state index in [1.807, 2.05) is 6.07 Å². The summed E-state index contributed by atoms with van der Waals surface area (Å²) in [6, 6.07) is 7.31. The molecule has 0 atom stereocenters. The standard InChI is InChI=1S/C17H20ClN3O2/c18-13-8-6-7-12(11-13)16-20-21-17(23-16)15(22)19-14-9-4-2-1-3-5-10-14/h6-8,11,14H,1-5,9-10H2,(H,19,22). The van der Waals surface area contributed by atoms with Crippen LogP contribution in [0.25, 0.3) is 11.5 Å². The first-order valence-corrected chi connectivity index (χ1v) is 8.50. The SMILES string of the molecule is O=C(NC1CCCCCCC1)c1nnc(-c2cccc(Cl)c2)o1. The van der Waals surface area contributed by atoms with Crippen molar-refractivity contribution in [1.82, 2.24) is 15.5 Å². The number of halogens is 1. The molecule has 0 unspecified atom stereocenters. The number of rotatable bonds is 3. The minimum Gasteiger partial charge on any atom is -0.412 e. The quantitative estimate of drug-likeness (QED) is 0.912. The van der Waals surface area contributed by atoms with E-state index in [0.717, 1.165) is 25.7 Å². The largest absolute Gasteiger partial charge is 0.412 e. The van der Waals surface area contributed by atoms with Crippen molar-refractivity contribution in [2.75, 3.05) is 0 Å². The second kappa shape index (κ2) is 7.59. The summed E-state index contributed by atoms with van der Waals surface area (Å²) >= 11 is 5.95. The van der Waals surface area contributed by atoms with Gasteiger partial charge in [0, 0.05) is 16.6 Å². The van der Waals surface area contributed by atoms with Crippen molar-refractivity contribution in [1.29, 1.82) is 0 Å². The Morgan fingerprint density at radius 1 is 1.13 bits per heavy atom. The van der Waals surface area contributed by atoms with Crippen LogP contribution in [0.5, 0.6) is 0 Å². The van der Waals surface area contributed by atoms with Crippen LogP contribution in [0.3, 0.4) is 0 Å². The number of benzene rings is 1. The summed E-state index contributed by atoms with van der Waals surface area (Å²) in [6.45, 7) is 0. The molecule has 6 heteroatoms. The molecule has 0 bridgehead atoms. The van der Waals surface area contributed by atoms with E-state index in [0.29, 0.717) is 16.5 Å². The highest BCUT2D eigenvalue weighted by molar-refractivity contribution is 6.30. The Balaban J connectivity index is 1.66. The van der Waals surface area contributed by atoms with Gasteiger partial charge in [-0.05, 0) is 31.0 Å². The lowest BCUT2D eigenvalue weighted by Crippen LogP contribution is -2.35. The summed E-state index contributed by atoms with van der Waals surface area (Å²) in [6.07, 6.45) is 8.12. The molecule has 1 aliphatic carbocycles. The van der Waals surface area contributed by atoms with Gasteiger partial charge in [0.15, 0.2) is 0 Å². The molecule has 122 valence electrons. The number of aromatic nitrogens is 2. The summed E-state index contributed by atoms with van der Waals surface area (Å²) in [7, 11) is 0. The Kier molecular flexibility index (Phi) is 5.28. The maximum absolute atomic E-state index is 12.3. The average molecular weight is 334 g/mol. The Morgan fingerprint density at radius 2 is 1.87 bits per heavy atom. The number of carbonyl (C=O) groups is 1. The average Bonchev–Trinajstić information content (AvgIpc) is 3.00. The minimum absolute atomic E-state index is 0.00188. The molecule has 1 fully saturated rings. The van der Waals surface area contributed by atoms with Gasteiger partial charge in [0.2, 0.25) is 5.89 Å². The highest BCUT2D eigenvalue weighted by atomic mass is 35.5. The van der Waals surface area contributed by atoms with Gasteiger partial charge in [-0.3, -0.25) is 4.79 Å². The third kappa shape index (κ3) is 4.32. The molecular weight excluding hydrogens is 314 g/mol. The molecular formula is C17H20ClN3O2. The molecule has 1 N–H and O–H groups in total. The van der Waals surface area contributed by atoms with Crippen LogP contribution in [0.15, 0.2) is 28.7 Å². The van der Waals surface area contributed by atoms with E-state index in [1.165, 1.54) is 19.3 Å². The molecule has 5 nitrogen and oxygen atoms in total. The van der Waals surface area contributed by atoms with Crippen LogP contribution in [0.4, 0.5) is 0 Å². The van der Waals surface area contributed by atoms with E-state index in [-0.39, 0.29) is 17.8 Å². The van der Waals surface area contributed by atoms with Crippen LogP contribution in [-0.4, -0.2) is 22.1 Å². The fraction of sp³-hybridized carbons (Fsp3) is 0.471. The summed E-state index contributed by atoms with van der Waals surface area (Å²) in [5, 5.41) is 11.4. The topological polar surface area (TPSA) is 68.0 Å². The van der Waals surface area contributed by atoms with Crippen molar-refractivity contribution in [2.45, 2.75) is 51.0 Å². The monoisotopic (exact) mass is 333 g/mol. The maximum Gasteiger partial charge on any atom is 0.309 e. The molecule has 3 rings (SSSR count). The molecule has 1 aliphatic rings. The zero-order valence-corrected chi connectivity index (χ0v) is 13.7. The summed E-state index contributed by atoms with van der Waals surface area (Å²) in [5.74, 6) is 0.00806. The van der Waals surface area contributed by atoms with Crippen LogP contribution in [0.1, 0.15) is 55.6 Å². The lowest BCUT2D eigenvalue weighted by molar-refractivity contribution is 0.0896. The van der Waals surface area contributed by atoms with Gasteiger partial charge < -0.3 is 9.73 Å². The van der Waals surface area contributed by atoms with Crippen LogP contribution in [-0.2, 0) is 0 Å². The number of nitrogens with one attached hydrogen (secondary N) is 1. The van der Waals surface area contributed by atoms with Gasteiger partial charge in [-0.25, -0.2) is 0 Å². The maximum atomic E-state index is 12.3.